The minimum absolute atomic E-state index is 0.113. The Morgan fingerprint density at radius 3 is 2.47 bits per heavy atom. The minimum Gasteiger partial charge on any atom is -0.493 e. The molecule has 0 aromatic heterocycles. The molecule has 1 fully saturated rings. The van der Waals surface area contributed by atoms with E-state index in [-0.39, 0.29) is 11.4 Å². The Hall–Kier alpha value is -2.17. The molecular weight excluding hydrogens is 627 g/mol. The van der Waals surface area contributed by atoms with E-state index in [1.165, 1.54) is 20.9 Å². The van der Waals surface area contributed by atoms with Gasteiger partial charge in [-0.25, -0.2) is 0 Å². The van der Waals surface area contributed by atoms with Crippen molar-refractivity contribution >= 4 is 68.0 Å². The highest BCUT2D eigenvalue weighted by Crippen LogP contribution is 2.37. The molecule has 0 radical (unpaired) electrons. The van der Waals surface area contributed by atoms with Crippen LogP contribution in [0.5, 0.6) is 11.5 Å². The first-order valence-electron chi connectivity index (χ1n) is 10.7. The summed E-state index contributed by atoms with van der Waals surface area (Å²) < 4.78 is 13.6. The first kappa shape index (κ1) is 24.9. The molecule has 1 aliphatic heterocycles. The highest BCUT2D eigenvalue weighted by Gasteiger charge is 2.27. The van der Waals surface area contributed by atoms with Crippen LogP contribution in [-0.2, 0) is 17.8 Å². The second kappa shape index (κ2) is 11.5. The lowest BCUT2D eigenvalue weighted by Gasteiger charge is -2.13. The van der Waals surface area contributed by atoms with Crippen molar-refractivity contribution in [2.75, 3.05) is 12.4 Å². The Morgan fingerprint density at radius 2 is 1.79 bits per heavy atom. The van der Waals surface area contributed by atoms with Gasteiger partial charge in [0.25, 0.3) is 5.91 Å². The summed E-state index contributed by atoms with van der Waals surface area (Å²) in [6.45, 7) is 2.56. The molecule has 0 saturated carbocycles. The van der Waals surface area contributed by atoms with Gasteiger partial charge in [0.2, 0.25) is 0 Å². The van der Waals surface area contributed by atoms with Gasteiger partial charge in [-0.15, -0.1) is 0 Å². The largest absolute Gasteiger partial charge is 0.493 e. The number of hydrogen-bond donors (Lipinski definition) is 2. The first-order chi connectivity index (χ1) is 16.4. The highest BCUT2D eigenvalue weighted by molar-refractivity contribution is 14.1. The Balaban J connectivity index is 1.46. The van der Waals surface area contributed by atoms with E-state index < -0.39 is 0 Å². The van der Waals surface area contributed by atoms with Crippen LogP contribution in [0.25, 0.3) is 6.08 Å². The van der Waals surface area contributed by atoms with Crippen LogP contribution in [-0.4, -0.2) is 18.5 Å². The number of carbonyl (C=O) groups excluding carboxylic acids is 1. The van der Waals surface area contributed by atoms with Crippen LogP contribution in [0.2, 0.25) is 0 Å². The molecule has 5 nitrogen and oxygen atoms in total. The minimum atomic E-state index is -0.233. The van der Waals surface area contributed by atoms with E-state index in [1.807, 2.05) is 54.6 Å². The molecule has 1 amide bonds. The molecule has 176 valence electrons. The van der Waals surface area contributed by atoms with Gasteiger partial charge in [-0.3, -0.25) is 4.79 Å². The van der Waals surface area contributed by atoms with Gasteiger partial charge in [-0.05, 0) is 88.2 Å². The second-order valence-electron chi connectivity index (χ2n) is 7.61. The van der Waals surface area contributed by atoms with E-state index in [4.69, 9.17) is 9.47 Å². The maximum Gasteiger partial charge on any atom is 0.260 e. The number of anilines is 1. The lowest BCUT2D eigenvalue weighted by molar-refractivity contribution is -0.116. The van der Waals surface area contributed by atoms with Crippen LogP contribution in [0.3, 0.4) is 0 Å². The van der Waals surface area contributed by atoms with Crippen molar-refractivity contribution in [3.63, 3.8) is 0 Å². The second-order valence-corrected chi connectivity index (χ2v) is 10.9. The van der Waals surface area contributed by atoms with Crippen LogP contribution in [0.1, 0.15) is 23.6 Å². The number of aryl methyl sites for hydroxylation is 1. The third kappa shape index (κ3) is 6.28. The lowest BCUT2D eigenvalue weighted by Crippen LogP contribution is -2.30. The zero-order chi connectivity index (χ0) is 24.1. The van der Waals surface area contributed by atoms with Gasteiger partial charge in [0.15, 0.2) is 17.0 Å². The number of ether oxygens (including phenoxy) is 2. The van der Waals surface area contributed by atoms with Crippen molar-refractivity contribution in [3.8, 4) is 11.5 Å². The van der Waals surface area contributed by atoms with Gasteiger partial charge in [0, 0.05) is 13.7 Å². The van der Waals surface area contributed by atoms with Gasteiger partial charge >= 0.3 is 0 Å². The van der Waals surface area contributed by atoms with Crippen molar-refractivity contribution in [1.29, 1.82) is 0 Å². The van der Waals surface area contributed by atoms with Crippen LogP contribution in [0.4, 0.5) is 5.69 Å². The summed E-state index contributed by atoms with van der Waals surface area (Å²) >= 11 is 7.35. The van der Waals surface area contributed by atoms with Crippen LogP contribution >= 0.6 is 50.3 Å². The summed E-state index contributed by atoms with van der Waals surface area (Å²) in [5.41, 5.74) is 3.92. The number of halogens is 2. The van der Waals surface area contributed by atoms with Gasteiger partial charge < -0.3 is 20.1 Å². The normalized spacial score (nSPS) is 16.4. The van der Waals surface area contributed by atoms with Crippen molar-refractivity contribution in [2.45, 2.75) is 25.4 Å². The Morgan fingerprint density at radius 1 is 1.09 bits per heavy atom. The van der Waals surface area contributed by atoms with Crippen LogP contribution in [0, 0.1) is 3.57 Å². The van der Waals surface area contributed by atoms with E-state index in [1.54, 1.807) is 7.11 Å². The van der Waals surface area contributed by atoms with E-state index >= 15 is 0 Å². The maximum atomic E-state index is 12.6. The molecule has 0 unspecified atom stereocenters. The van der Waals surface area contributed by atoms with Gasteiger partial charge in [-0.1, -0.05) is 58.9 Å². The van der Waals surface area contributed by atoms with Crippen molar-refractivity contribution in [3.05, 3.63) is 90.3 Å². The summed E-state index contributed by atoms with van der Waals surface area (Å²) in [6.07, 6.45) is 2.85. The molecule has 0 spiro atoms. The van der Waals surface area contributed by atoms with Gasteiger partial charge in [-0.2, -0.15) is 0 Å². The third-order valence-electron chi connectivity index (χ3n) is 5.27. The van der Waals surface area contributed by atoms with Gasteiger partial charge in [0.05, 0.1) is 12.0 Å². The average Bonchev–Trinajstić information content (AvgIpc) is 3.18. The maximum absolute atomic E-state index is 12.6. The number of methoxy groups -OCH3 is 1. The third-order valence-corrected chi connectivity index (χ3v) is 7.70. The van der Waals surface area contributed by atoms with Gasteiger partial charge in [0.1, 0.15) is 6.61 Å². The zero-order valence-corrected chi connectivity index (χ0v) is 23.3. The number of thioether (sulfide) groups is 1. The van der Waals surface area contributed by atoms with Crippen molar-refractivity contribution in [1.82, 2.24) is 5.32 Å². The lowest BCUT2D eigenvalue weighted by atomic mass is 10.1. The number of nitrogens with one attached hydrogen (secondary N) is 2. The molecule has 0 aliphatic carbocycles. The predicted molar refractivity (Wildman–Crippen MR) is 151 cm³/mol. The molecule has 2 N–H and O–H groups in total. The smallest absolute Gasteiger partial charge is 0.260 e. The molecule has 1 heterocycles. The van der Waals surface area contributed by atoms with Crippen LogP contribution < -0.4 is 20.1 Å². The monoisotopic (exact) mass is 650 g/mol. The molecule has 1 aliphatic rings. The molecule has 0 bridgehead atoms. The topological polar surface area (TPSA) is 59.6 Å². The number of hydrogen-bond acceptors (Lipinski definition) is 5. The molecule has 1 atom stereocenters. The molecule has 34 heavy (non-hydrogen) atoms. The zero-order valence-electron chi connectivity index (χ0n) is 18.7. The molecule has 1 saturated heterocycles. The predicted octanol–water partition coefficient (Wildman–Crippen LogP) is 6.80. The van der Waals surface area contributed by atoms with Crippen LogP contribution in [0.15, 0.2) is 70.0 Å². The number of carbonyl (C=O) groups is 1. The molecule has 4 rings (SSSR count). The van der Waals surface area contributed by atoms with Crippen molar-refractivity contribution < 1.29 is 14.3 Å². The number of amides is 1. The first-order valence-corrected chi connectivity index (χ1v) is 13.5. The number of rotatable bonds is 8. The average molecular weight is 651 g/mol. The Bertz CT molecular complexity index is 1200. The summed E-state index contributed by atoms with van der Waals surface area (Å²) in [4.78, 5) is 13.2. The fraction of sp³-hybridized carbons (Fsp3) is 0.192. The number of benzene rings is 3. The fourth-order valence-electron chi connectivity index (χ4n) is 3.37. The Labute approximate surface area is 226 Å². The molecule has 8 heteroatoms. The quantitative estimate of drug-likeness (QED) is 0.207. The molecule has 3 aromatic carbocycles. The summed E-state index contributed by atoms with van der Waals surface area (Å²) in [6, 6.07) is 20.2. The van der Waals surface area contributed by atoms with E-state index in [9.17, 15) is 4.79 Å². The van der Waals surface area contributed by atoms with E-state index in [0.29, 0.717) is 23.0 Å². The SMILES string of the molecule is CCc1ccc(N[C@@H]2NC(=O)/C(=C/c3cc(OC)c(OCc4ccc(I)cc4)cc3Br)S2)cc1. The summed E-state index contributed by atoms with van der Waals surface area (Å²) in [7, 11) is 1.61. The molecule has 3 aromatic rings. The highest BCUT2D eigenvalue weighted by atomic mass is 127. The Kier molecular flexibility index (Phi) is 8.44. The molecular formula is C26H24BrIN2O3S. The fourth-order valence-corrected chi connectivity index (χ4v) is 5.14. The summed E-state index contributed by atoms with van der Waals surface area (Å²) in [5.74, 6) is 1.13. The standard InChI is InChI=1S/C26H24BrIN2O3S/c1-3-16-6-10-20(11-7-16)29-26-30-25(31)24(34-26)13-18-12-22(32-2)23(14-21(18)27)33-15-17-4-8-19(28)9-5-17/h4-14,26,29H,3,15H2,1-2H3,(H,30,31)/b24-13-/t26-/m1/s1. The van der Waals surface area contributed by atoms with E-state index in [0.717, 1.165) is 27.7 Å². The summed E-state index contributed by atoms with van der Waals surface area (Å²) in [5, 5.41) is 6.33. The van der Waals surface area contributed by atoms with Crippen molar-refractivity contribution in [2.24, 2.45) is 0 Å². The van der Waals surface area contributed by atoms with E-state index in [2.05, 4.69) is 68.2 Å².